The van der Waals surface area contributed by atoms with Crippen LogP contribution in [0.5, 0.6) is 0 Å². The largest absolute Gasteiger partial charge is 0.397 e. The van der Waals surface area contributed by atoms with Gasteiger partial charge in [-0.1, -0.05) is 0 Å². The second-order valence-electron chi connectivity index (χ2n) is 4.62. The van der Waals surface area contributed by atoms with E-state index in [0.29, 0.717) is 0 Å². The lowest BCUT2D eigenvalue weighted by Gasteiger charge is -2.34. The van der Waals surface area contributed by atoms with Gasteiger partial charge < -0.3 is 10.6 Å². The second kappa shape index (κ2) is 5.54. The molecule has 0 aromatic carbocycles. The Hall–Kier alpha value is -1.66. The van der Waals surface area contributed by atoms with Crippen molar-refractivity contribution in [2.24, 2.45) is 0 Å². The summed E-state index contributed by atoms with van der Waals surface area (Å²) in [5.74, 6) is 0. The Morgan fingerprint density at radius 2 is 2.00 bits per heavy atom. The van der Waals surface area contributed by atoms with Crippen LogP contribution >= 0.6 is 11.3 Å². The van der Waals surface area contributed by atoms with E-state index in [0.717, 1.165) is 49.2 Å². The normalized spacial score (nSPS) is 16.7. The van der Waals surface area contributed by atoms with Crippen molar-refractivity contribution < 1.29 is 0 Å². The molecule has 1 aliphatic rings. The van der Waals surface area contributed by atoms with Gasteiger partial charge in [-0.3, -0.25) is 9.88 Å². The number of rotatable bonds is 3. The van der Waals surface area contributed by atoms with Crippen molar-refractivity contribution in [2.75, 3.05) is 36.8 Å². The second-order valence-corrected chi connectivity index (χ2v) is 5.49. The van der Waals surface area contributed by atoms with Crippen LogP contribution in [-0.4, -0.2) is 41.0 Å². The minimum absolute atomic E-state index is 0.782. The molecule has 0 radical (unpaired) electrons. The molecule has 3 rings (SSSR count). The third-order valence-electron chi connectivity index (χ3n) is 3.36. The van der Waals surface area contributed by atoms with E-state index in [1.54, 1.807) is 17.5 Å². The molecule has 2 aromatic rings. The number of nitrogen functional groups attached to an aromatic ring is 1. The van der Waals surface area contributed by atoms with E-state index in [2.05, 4.69) is 19.8 Å². The number of piperazine rings is 1. The first kappa shape index (κ1) is 12.4. The maximum absolute atomic E-state index is 5.93. The molecule has 0 amide bonds. The molecule has 1 aliphatic heterocycles. The number of hydrogen-bond acceptors (Lipinski definition) is 6. The molecule has 0 aliphatic carbocycles. The Kier molecular flexibility index (Phi) is 3.61. The van der Waals surface area contributed by atoms with Crippen molar-refractivity contribution in [3.8, 4) is 0 Å². The minimum Gasteiger partial charge on any atom is -0.397 e. The van der Waals surface area contributed by atoms with E-state index < -0.39 is 0 Å². The summed E-state index contributed by atoms with van der Waals surface area (Å²) in [4.78, 5) is 13.4. The highest BCUT2D eigenvalue weighted by molar-refractivity contribution is 7.13. The summed E-state index contributed by atoms with van der Waals surface area (Å²) in [6.07, 6.45) is 3.67. The predicted octanol–water partition coefficient (Wildman–Crippen LogP) is 1.44. The van der Waals surface area contributed by atoms with Crippen molar-refractivity contribution in [2.45, 2.75) is 6.54 Å². The van der Waals surface area contributed by atoms with Gasteiger partial charge in [0.1, 0.15) is 0 Å². The molecule has 5 nitrogen and oxygen atoms in total. The van der Waals surface area contributed by atoms with Crippen LogP contribution in [0.2, 0.25) is 0 Å². The van der Waals surface area contributed by atoms with Gasteiger partial charge in [-0.25, -0.2) is 4.98 Å². The van der Waals surface area contributed by atoms with Gasteiger partial charge in [0.25, 0.3) is 0 Å². The molecule has 3 heterocycles. The summed E-state index contributed by atoms with van der Waals surface area (Å²) < 4.78 is 0. The average Bonchev–Trinajstić information content (AvgIpc) is 2.96. The molecule has 0 atom stereocenters. The zero-order chi connectivity index (χ0) is 13.1. The highest BCUT2D eigenvalue weighted by Gasteiger charge is 2.19. The van der Waals surface area contributed by atoms with E-state index >= 15 is 0 Å². The summed E-state index contributed by atoms with van der Waals surface area (Å²) in [5, 5.41) is 3.15. The Bertz CT molecular complexity index is 520. The summed E-state index contributed by atoms with van der Waals surface area (Å²) in [7, 11) is 0. The van der Waals surface area contributed by atoms with Crippen molar-refractivity contribution in [3.63, 3.8) is 0 Å². The molecule has 6 heteroatoms. The third kappa shape index (κ3) is 2.85. The van der Waals surface area contributed by atoms with Gasteiger partial charge in [-0.05, 0) is 12.1 Å². The summed E-state index contributed by atoms with van der Waals surface area (Å²) in [6.45, 7) is 4.91. The maximum atomic E-state index is 5.93. The number of hydrogen-bond donors (Lipinski definition) is 1. The van der Waals surface area contributed by atoms with Crippen LogP contribution in [0, 0.1) is 0 Å². The Balaban J connectivity index is 1.57. The molecule has 0 spiro atoms. The van der Waals surface area contributed by atoms with Gasteiger partial charge in [-0.15, -0.1) is 11.3 Å². The number of nitrogens with two attached hydrogens (primary N) is 1. The fourth-order valence-electron chi connectivity index (χ4n) is 2.26. The zero-order valence-corrected chi connectivity index (χ0v) is 11.5. The van der Waals surface area contributed by atoms with E-state index in [-0.39, 0.29) is 0 Å². The van der Waals surface area contributed by atoms with Crippen LogP contribution in [-0.2, 0) is 6.54 Å². The van der Waals surface area contributed by atoms with Crippen molar-refractivity contribution in [1.29, 1.82) is 0 Å². The van der Waals surface area contributed by atoms with Gasteiger partial charge in [0.2, 0.25) is 0 Å². The van der Waals surface area contributed by atoms with Crippen molar-refractivity contribution in [1.82, 2.24) is 14.9 Å². The lowest BCUT2D eigenvalue weighted by atomic mass is 10.2. The average molecular weight is 275 g/mol. The monoisotopic (exact) mass is 275 g/mol. The van der Waals surface area contributed by atoms with Crippen molar-refractivity contribution >= 4 is 22.2 Å². The summed E-state index contributed by atoms with van der Waals surface area (Å²) >= 11 is 1.70. The van der Waals surface area contributed by atoms with Crippen LogP contribution in [0.25, 0.3) is 0 Å². The van der Waals surface area contributed by atoms with Crippen LogP contribution in [0.1, 0.15) is 5.69 Å². The van der Waals surface area contributed by atoms with Gasteiger partial charge >= 0.3 is 0 Å². The quantitative estimate of drug-likeness (QED) is 0.918. The first-order valence-corrected chi connectivity index (χ1v) is 7.27. The minimum atomic E-state index is 0.782. The van der Waals surface area contributed by atoms with E-state index in [1.165, 1.54) is 0 Å². The highest BCUT2D eigenvalue weighted by Crippen LogP contribution is 2.20. The molecule has 19 heavy (non-hydrogen) atoms. The van der Waals surface area contributed by atoms with Gasteiger partial charge in [0.15, 0.2) is 5.13 Å². The molecule has 2 aromatic heterocycles. The van der Waals surface area contributed by atoms with Crippen molar-refractivity contribution in [3.05, 3.63) is 35.6 Å². The molecule has 2 N–H and O–H groups in total. The smallest absolute Gasteiger partial charge is 0.185 e. The third-order valence-corrected chi connectivity index (χ3v) is 4.19. The van der Waals surface area contributed by atoms with Crippen LogP contribution in [0.4, 0.5) is 10.8 Å². The maximum Gasteiger partial charge on any atom is 0.185 e. The Labute approximate surface area is 116 Å². The Morgan fingerprint density at radius 1 is 1.16 bits per heavy atom. The first-order chi connectivity index (χ1) is 9.33. The molecule has 1 fully saturated rings. The van der Waals surface area contributed by atoms with Gasteiger partial charge in [-0.2, -0.15) is 0 Å². The fourth-order valence-corrected chi connectivity index (χ4v) is 2.96. The van der Waals surface area contributed by atoms with Crippen LogP contribution in [0.3, 0.4) is 0 Å². The number of pyridine rings is 1. The molecular weight excluding hydrogens is 258 g/mol. The fraction of sp³-hybridized carbons (Fsp3) is 0.385. The topological polar surface area (TPSA) is 58.3 Å². The van der Waals surface area contributed by atoms with Crippen LogP contribution < -0.4 is 10.6 Å². The lowest BCUT2D eigenvalue weighted by Crippen LogP contribution is -2.46. The van der Waals surface area contributed by atoms with Crippen LogP contribution in [0.15, 0.2) is 29.9 Å². The number of anilines is 2. The summed E-state index contributed by atoms with van der Waals surface area (Å²) in [6, 6.07) is 3.79. The molecule has 1 saturated heterocycles. The molecule has 100 valence electrons. The number of thiazole rings is 1. The summed E-state index contributed by atoms with van der Waals surface area (Å²) in [5.41, 5.74) is 7.69. The van der Waals surface area contributed by atoms with Gasteiger partial charge in [0, 0.05) is 50.5 Å². The molecule has 0 saturated carbocycles. The molecule has 0 bridgehead atoms. The van der Waals surface area contributed by atoms with E-state index in [4.69, 9.17) is 5.73 Å². The SMILES string of the molecule is Nc1cccnc1CN1CCN(c2nccs2)CC1. The predicted molar refractivity (Wildman–Crippen MR) is 78.3 cm³/mol. The Morgan fingerprint density at radius 3 is 2.68 bits per heavy atom. The highest BCUT2D eigenvalue weighted by atomic mass is 32.1. The molecule has 0 unspecified atom stereocenters. The standard InChI is InChI=1S/C13H17N5S/c14-11-2-1-3-15-12(11)10-17-5-7-18(8-6-17)13-16-4-9-19-13/h1-4,9H,5-8,10,14H2. The van der Waals surface area contributed by atoms with E-state index in [1.807, 2.05) is 23.7 Å². The lowest BCUT2D eigenvalue weighted by molar-refractivity contribution is 0.247. The zero-order valence-electron chi connectivity index (χ0n) is 10.7. The molecular formula is C13H17N5S. The number of nitrogens with zero attached hydrogens (tertiary/aromatic N) is 4. The number of aromatic nitrogens is 2. The van der Waals surface area contributed by atoms with E-state index in [9.17, 15) is 0 Å². The first-order valence-electron chi connectivity index (χ1n) is 6.39. The van der Waals surface area contributed by atoms with Gasteiger partial charge in [0.05, 0.1) is 11.4 Å².